The van der Waals surface area contributed by atoms with Crippen LogP contribution in [0.25, 0.3) is 5.76 Å². The molecule has 0 aliphatic carbocycles. The van der Waals surface area contributed by atoms with Gasteiger partial charge in [0.15, 0.2) is 0 Å². The summed E-state index contributed by atoms with van der Waals surface area (Å²) in [5.41, 5.74) is 1.33. The minimum absolute atomic E-state index is 0.171. The quantitative estimate of drug-likeness (QED) is 0.326. The number of halogens is 1. The normalized spacial score (nSPS) is 17.1. The maximum absolute atomic E-state index is 13.4. The van der Waals surface area contributed by atoms with Crippen molar-refractivity contribution in [2.75, 3.05) is 12.0 Å². The average molecular weight is 461 g/mol. The first-order chi connectivity index (χ1) is 16.3. The molecule has 172 valence electrons. The minimum Gasteiger partial charge on any atom is -0.507 e. The molecule has 3 aromatic rings. The minimum atomic E-state index is -1.04. The second-order valence-corrected chi connectivity index (χ2v) is 7.65. The molecule has 1 heterocycles. The number of methoxy groups -OCH3 is 1. The number of hydrogen-bond acceptors (Lipinski definition) is 5. The number of Topliss-reactive ketones (excluding diaryl/α,β-unsaturated/α-hetero) is 1. The molecule has 0 bridgehead atoms. The van der Waals surface area contributed by atoms with Crippen LogP contribution in [0.3, 0.4) is 0 Å². The number of rotatable bonds is 6. The van der Waals surface area contributed by atoms with Gasteiger partial charge in [-0.3, -0.25) is 19.3 Å². The van der Waals surface area contributed by atoms with Crippen molar-refractivity contribution in [3.63, 3.8) is 0 Å². The van der Waals surface area contributed by atoms with Gasteiger partial charge in [0.2, 0.25) is 0 Å². The van der Waals surface area contributed by atoms with E-state index in [1.54, 1.807) is 48.5 Å². The number of para-hydroxylation sites is 1. The van der Waals surface area contributed by atoms with Crippen LogP contribution in [0, 0.1) is 5.82 Å². The number of aliphatic hydroxyl groups excluding tert-OH is 1. The molecule has 1 amide bonds. The lowest BCUT2D eigenvalue weighted by Crippen LogP contribution is -2.29. The molecule has 1 saturated heterocycles. The van der Waals surface area contributed by atoms with E-state index in [1.807, 2.05) is 0 Å². The third-order valence-corrected chi connectivity index (χ3v) is 5.57. The highest BCUT2D eigenvalue weighted by molar-refractivity contribution is 6.51. The third-order valence-electron chi connectivity index (χ3n) is 5.57. The Morgan fingerprint density at radius 1 is 0.971 bits per heavy atom. The van der Waals surface area contributed by atoms with Crippen LogP contribution in [0.4, 0.5) is 10.1 Å². The van der Waals surface area contributed by atoms with E-state index in [-0.39, 0.29) is 17.6 Å². The summed E-state index contributed by atoms with van der Waals surface area (Å²) in [5.74, 6) is -3.34. The zero-order valence-electron chi connectivity index (χ0n) is 18.1. The first-order valence-corrected chi connectivity index (χ1v) is 10.3. The first-order valence-electron chi connectivity index (χ1n) is 10.3. The van der Waals surface area contributed by atoms with Gasteiger partial charge in [-0.15, -0.1) is 0 Å². The molecule has 7 nitrogen and oxygen atoms in total. The number of aliphatic hydroxyl groups is 1. The number of hydrogen-bond donors (Lipinski definition) is 2. The fraction of sp³-hybridized carbons (Fsp3) is 0.115. The van der Waals surface area contributed by atoms with Crippen molar-refractivity contribution in [1.82, 2.24) is 0 Å². The molecule has 0 saturated carbocycles. The molecule has 3 aromatic carbocycles. The van der Waals surface area contributed by atoms with E-state index in [4.69, 9.17) is 9.84 Å². The second-order valence-electron chi connectivity index (χ2n) is 7.65. The van der Waals surface area contributed by atoms with E-state index < -0.39 is 35.3 Å². The van der Waals surface area contributed by atoms with E-state index in [9.17, 15) is 23.9 Å². The zero-order valence-corrected chi connectivity index (χ0v) is 18.1. The number of ketones is 1. The number of benzene rings is 3. The molecule has 0 spiro atoms. The maximum atomic E-state index is 13.4. The van der Waals surface area contributed by atoms with Crippen LogP contribution in [0.5, 0.6) is 5.75 Å². The molecule has 1 aliphatic rings. The molecule has 1 fully saturated rings. The summed E-state index contributed by atoms with van der Waals surface area (Å²) in [7, 11) is 1.45. The topological polar surface area (TPSA) is 104 Å². The van der Waals surface area contributed by atoms with Gasteiger partial charge in [-0.25, -0.2) is 4.39 Å². The number of nitrogens with zero attached hydrogens (tertiary/aromatic N) is 1. The van der Waals surface area contributed by atoms with Crippen molar-refractivity contribution in [3.05, 3.63) is 101 Å². The lowest BCUT2D eigenvalue weighted by Gasteiger charge is -2.26. The lowest BCUT2D eigenvalue weighted by atomic mass is 9.94. The number of carboxylic acid groups (broad SMARTS) is 1. The van der Waals surface area contributed by atoms with E-state index in [0.29, 0.717) is 22.6 Å². The van der Waals surface area contributed by atoms with Gasteiger partial charge < -0.3 is 14.9 Å². The molecule has 1 unspecified atom stereocenters. The Morgan fingerprint density at radius 3 is 2.24 bits per heavy atom. The smallest absolute Gasteiger partial charge is 0.307 e. The summed E-state index contributed by atoms with van der Waals surface area (Å²) in [5, 5.41) is 20.1. The summed E-state index contributed by atoms with van der Waals surface area (Å²) in [6.45, 7) is 0. The van der Waals surface area contributed by atoms with Crippen LogP contribution in [0.2, 0.25) is 0 Å². The van der Waals surface area contributed by atoms with Gasteiger partial charge in [0.05, 0.1) is 25.1 Å². The molecule has 1 aliphatic heterocycles. The number of carboxylic acids is 1. The SMILES string of the molecule is COc1ccccc1C1/C(=C(/O)c2ccc(F)cc2)C(=O)C(=O)N1c1ccc(CC(=O)O)cc1. The Bertz CT molecular complexity index is 1300. The highest BCUT2D eigenvalue weighted by atomic mass is 19.1. The number of amides is 1. The summed E-state index contributed by atoms with van der Waals surface area (Å²) < 4.78 is 18.9. The molecule has 8 heteroatoms. The lowest BCUT2D eigenvalue weighted by molar-refractivity contribution is -0.136. The van der Waals surface area contributed by atoms with Crippen molar-refractivity contribution in [2.45, 2.75) is 12.5 Å². The molecule has 0 radical (unpaired) electrons. The van der Waals surface area contributed by atoms with Gasteiger partial charge in [0.25, 0.3) is 11.7 Å². The molecule has 1 atom stereocenters. The van der Waals surface area contributed by atoms with Crippen LogP contribution < -0.4 is 9.64 Å². The van der Waals surface area contributed by atoms with Crippen LogP contribution in [0.1, 0.15) is 22.7 Å². The van der Waals surface area contributed by atoms with Crippen LogP contribution in [-0.2, 0) is 20.8 Å². The highest BCUT2D eigenvalue weighted by Crippen LogP contribution is 2.44. The molecule has 4 rings (SSSR count). The zero-order chi connectivity index (χ0) is 24.4. The largest absolute Gasteiger partial charge is 0.507 e. The Balaban J connectivity index is 1.91. The van der Waals surface area contributed by atoms with Gasteiger partial charge >= 0.3 is 5.97 Å². The first kappa shape index (κ1) is 22.7. The molecular weight excluding hydrogens is 441 g/mol. The predicted molar refractivity (Wildman–Crippen MR) is 122 cm³/mol. The van der Waals surface area contributed by atoms with Crippen molar-refractivity contribution < 1.29 is 33.7 Å². The fourth-order valence-electron chi connectivity index (χ4n) is 4.00. The van der Waals surface area contributed by atoms with E-state index in [0.717, 1.165) is 12.1 Å². The van der Waals surface area contributed by atoms with Crippen molar-refractivity contribution in [2.24, 2.45) is 0 Å². The number of anilines is 1. The summed E-state index contributed by atoms with van der Waals surface area (Å²) in [6.07, 6.45) is -0.195. The molecule has 0 aromatic heterocycles. The Kier molecular flexibility index (Phi) is 6.14. The van der Waals surface area contributed by atoms with Crippen molar-refractivity contribution in [3.8, 4) is 5.75 Å². The van der Waals surface area contributed by atoms with Gasteiger partial charge in [0, 0.05) is 16.8 Å². The van der Waals surface area contributed by atoms with E-state index in [2.05, 4.69) is 0 Å². The number of ether oxygens (including phenoxy) is 1. The van der Waals surface area contributed by atoms with Gasteiger partial charge in [-0.1, -0.05) is 30.3 Å². The Morgan fingerprint density at radius 2 is 1.62 bits per heavy atom. The fourth-order valence-corrected chi connectivity index (χ4v) is 4.00. The van der Waals surface area contributed by atoms with Crippen LogP contribution in [-0.4, -0.2) is 35.0 Å². The Labute approximate surface area is 194 Å². The summed E-state index contributed by atoms with van der Waals surface area (Å²) >= 11 is 0. The van der Waals surface area contributed by atoms with Crippen LogP contribution >= 0.6 is 0 Å². The summed E-state index contributed by atoms with van der Waals surface area (Å²) in [4.78, 5) is 38.6. The highest BCUT2D eigenvalue weighted by Gasteiger charge is 2.47. The van der Waals surface area contributed by atoms with Crippen LogP contribution in [0.15, 0.2) is 78.4 Å². The van der Waals surface area contributed by atoms with Gasteiger partial charge in [0.1, 0.15) is 17.3 Å². The van der Waals surface area contributed by atoms with Crippen molar-refractivity contribution >= 4 is 29.1 Å². The third kappa shape index (κ3) is 4.13. The van der Waals surface area contributed by atoms with E-state index >= 15 is 0 Å². The van der Waals surface area contributed by atoms with Gasteiger partial charge in [-0.2, -0.15) is 0 Å². The molecular formula is C26H20FNO6. The monoisotopic (exact) mass is 461 g/mol. The maximum Gasteiger partial charge on any atom is 0.307 e. The van der Waals surface area contributed by atoms with Crippen molar-refractivity contribution in [1.29, 1.82) is 0 Å². The standard InChI is InChI=1S/C26H20FNO6/c1-34-20-5-3-2-4-19(20)23-22(24(31)16-8-10-17(27)11-9-16)25(32)26(33)28(23)18-12-6-15(7-13-18)14-21(29)30/h2-13,23,31H,14H2,1H3,(H,29,30)/b24-22-. The Hall–Kier alpha value is -4.46. The number of aliphatic carboxylic acids is 1. The number of carbonyl (C=O) groups is 3. The summed E-state index contributed by atoms with van der Waals surface area (Å²) in [6, 6.07) is 16.9. The molecule has 2 N–H and O–H groups in total. The predicted octanol–water partition coefficient (Wildman–Crippen LogP) is 4.09. The van der Waals surface area contributed by atoms with Gasteiger partial charge in [-0.05, 0) is 48.0 Å². The number of carbonyl (C=O) groups excluding carboxylic acids is 2. The molecule has 34 heavy (non-hydrogen) atoms. The average Bonchev–Trinajstić information content (AvgIpc) is 3.09. The van der Waals surface area contributed by atoms with E-state index in [1.165, 1.54) is 24.1 Å². The second kappa shape index (κ2) is 9.19.